The van der Waals surface area contributed by atoms with Crippen molar-refractivity contribution < 1.29 is 47.3 Å². The van der Waals surface area contributed by atoms with Crippen LogP contribution in [0.15, 0.2) is 24.3 Å². The van der Waals surface area contributed by atoms with Crippen molar-refractivity contribution in [2.75, 3.05) is 5.32 Å². The number of hydrogen-bond acceptors (Lipinski definition) is 2. The Morgan fingerprint density at radius 2 is 1.75 bits per heavy atom. The molecule has 0 fully saturated rings. The van der Waals surface area contributed by atoms with Crippen LogP contribution < -0.4 is 5.32 Å². The van der Waals surface area contributed by atoms with Crippen molar-refractivity contribution in [1.29, 1.82) is 0 Å². The topological polar surface area (TPSA) is 46.2 Å². The van der Waals surface area contributed by atoms with Gasteiger partial charge in [-0.05, 0) is 12.1 Å². The van der Waals surface area contributed by atoms with Crippen molar-refractivity contribution >= 4 is 17.4 Å². The molecular weight excluding hydrogens is 182 g/mol. The molecule has 1 aromatic rings. The molecule has 0 spiro atoms. The predicted octanol–water partition coefficient (Wildman–Crippen LogP) is 0.821. The number of para-hydroxylation sites is 1. The Labute approximate surface area is 99.1 Å². The minimum Gasteiger partial charge on any atom is -0.318 e. The molecule has 2 rings (SSSR count). The molecule has 1 aromatic carbocycles. The van der Waals surface area contributed by atoms with Crippen LogP contribution in [0.3, 0.4) is 0 Å². The normalized spacial score (nSPS) is 13.3. The summed E-state index contributed by atoms with van der Waals surface area (Å²) >= 11 is 0. The summed E-state index contributed by atoms with van der Waals surface area (Å²) in [5.41, 5.74) is 1.08. The number of benzene rings is 1. The molecule has 0 radical (unpaired) electrons. The molecule has 0 atom stereocenters. The summed E-state index contributed by atoms with van der Waals surface area (Å²) in [6.07, 6.45) is 0. The average Bonchev–Trinajstić information content (AvgIpc) is 2.30. The van der Waals surface area contributed by atoms with Crippen LogP contribution in [0, 0.1) is 37.7 Å². The first-order chi connectivity index (χ1) is 5.29. The van der Waals surface area contributed by atoms with Crippen molar-refractivity contribution in [2.45, 2.75) is 0 Å². The fourth-order valence-corrected chi connectivity index (χ4v) is 1.09. The molecule has 0 aromatic heterocycles. The molecule has 0 aliphatic carbocycles. The Morgan fingerprint density at radius 1 is 1.08 bits per heavy atom. The van der Waals surface area contributed by atoms with E-state index >= 15 is 0 Å². The Balaban J connectivity index is 0.000000720. The average molecular weight is 187 g/mol. The molecule has 12 heavy (non-hydrogen) atoms. The summed E-state index contributed by atoms with van der Waals surface area (Å²) in [6, 6.07) is 6.85. The Morgan fingerprint density at radius 3 is 2.42 bits per heavy atom. The molecule has 1 heterocycles. The van der Waals surface area contributed by atoms with Crippen LogP contribution in [-0.2, 0) is 4.79 Å². The third-order valence-corrected chi connectivity index (χ3v) is 1.63. The molecule has 62 valence electrons. The molecule has 1 N–H and O–H groups in total. The summed E-state index contributed by atoms with van der Waals surface area (Å²) in [7, 11) is 0. The molecule has 0 saturated carbocycles. The van der Waals surface area contributed by atoms with Crippen LogP contribution in [0.2, 0.25) is 0 Å². The number of Topliss-reactive ketones (excluding diaryl/α,β-unsaturated/α-hetero) is 1. The quantitative estimate of drug-likeness (QED) is 0.611. The van der Waals surface area contributed by atoms with E-state index in [0.717, 1.165) is 0 Å². The fraction of sp³-hybridized carbons (Fsp3) is 0. The van der Waals surface area contributed by atoms with E-state index in [2.05, 4.69) is 5.32 Å². The van der Waals surface area contributed by atoms with E-state index in [1.165, 1.54) is 0 Å². The van der Waals surface area contributed by atoms with Gasteiger partial charge in [-0.2, -0.15) is 0 Å². The summed E-state index contributed by atoms with van der Waals surface area (Å²) in [6.45, 7) is 0. The number of anilines is 1. The fourth-order valence-electron chi connectivity index (χ4n) is 1.09. The van der Waals surface area contributed by atoms with Crippen molar-refractivity contribution in [2.24, 2.45) is 0 Å². The first kappa shape index (κ1) is 9.71. The second-order valence-corrected chi connectivity index (χ2v) is 2.33. The van der Waals surface area contributed by atoms with Gasteiger partial charge in [0.05, 0.1) is 11.3 Å². The van der Waals surface area contributed by atoms with E-state index in [4.69, 9.17) is 0 Å². The van der Waals surface area contributed by atoms with Crippen LogP contribution in [0.25, 0.3) is 0 Å². The number of nitrogens with one attached hydrogen (secondary N) is 1. The van der Waals surface area contributed by atoms with Crippen LogP contribution in [-0.4, -0.2) is 11.7 Å². The van der Waals surface area contributed by atoms with Crippen molar-refractivity contribution in [3.63, 3.8) is 0 Å². The monoisotopic (exact) mass is 187 g/mol. The summed E-state index contributed by atoms with van der Waals surface area (Å²) in [5.74, 6) is -0.980. The summed E-state index contributed by atoms with van der Waals surface area (Å²) in [5, 5.41) is 2.46. The Bertz CT molecular complexity index is 349. The Kier molecular flexibility index (Phi) is 2.88. The summed E-state index contributed by atoms with van der Waals surface area (Å²) in [4.78, 5) is 21.8. The number of fused-ring (bicyclic) bond motifs is 1. The first-order valence-electron chi connectivity index (χ1n) is 3.24. The van der Waals surface area contributed by atoms with Gasteiger partial charge in [0.15, 0.2) is 0 Å². The molecule has 3 nitrogen and oxygen atoms in total. The number of rotatable bonds is 0. The van der Waals surface area contributed by atoms with E-state index < -0.39 is 11.7 Å². The zero-order chi connectivity index (χ0) is 7.84. The van der Waals surface area contributed by atoms with Gasteiger partial charge in [0.1, 0.15) is 0 Å². The van der Waals surface area contributed by atoms with Gasteiger partial charge in [-0.25, -0.2) is 0 Å². The zero-order valence-electron chi connectivity index (χ0n) is 5.98. The van der Waals surface area contributed by atoms with Crippen LogP contribution in [0.1, 0.15) is 10.4 Å². The van der Waals surface area contributed by atoms with Crippen molar-refractivity contribution in [3.05, 3.63) is 29.8 Å². The van der Waals surface area contributed by atoms with Crippen LogP contribution in [0.4, 0.5) is 5.69 Å². The van der Waals surface area contributed by atoms with E-state index in [0.29, 0.717) is 11.3 Å². The minimum atomic E-state index is -0.536. The standard InChI is InChI=1S/C8H5NO2.Ar/c10-7-5-3-1-2-4-6(5)9-8(7)11;/h1-4H,(H,9,10,11);. The van der Waals surface area contributed by atoms with Crippen LogP contribution in [0.5, 0.6) is 0 Å². The number of carbonyl (C=O) groups is 2. The molecule has 0 unspecified atom stereocenters. The third-order valence-electron chi connectivity index (χ3n) is 1.63. The maximum atomic E-state index is 11.0. The Hall–Kier alpha value is -0.380. The summed E-state index contributed by atoms with van der Waals surface area (Å²) < 4.78 is 0. The molecular formula is C8H5ArNO2. The van der Waals surface area contributed by atoms with Gasteiger partial charge in [-0.3, -0.25) is 9.59 Å². The molecule has 1 aliphatic heterocycles. The predicted molar refractivity (Wildman–Crippen MR) is 39.4 cm³/mol. The van der Waals surface area contributed by atoms with Gasteiger partial charge in [-0.15, -0.1) is 0 Å². The van der Waals surface area contributed by atoms with Gasteiger partial charge >= 0.3 is 0 Å². The number of amides is 1. The van der Waals surface area contributed by atoms with E-state index in [-0.39, 0.29) is 37.7 Å². The van der Waals surface area contributed by atoms with Gasteiger partial charge in [0, 0.05) is 37.7 Å². The van der Waals surface area contributed by atoms with Gasteiger partial charge < -0.3 is 5.32 Å². The number of ketones is 1. The SMILES string of the molecule is O=C1Nc2ccccc2C1=O.[Ar]. The number of carbonyl (C=O) groups excluding carboxylic acids is 2. The van der Waals surface area contributed by atoms with Crippen molar-refractivity contribution in [1.82, 2.24) is 0 Å². The first-order valence-corrected chi connectivity index (χ1v) is 3.24. The maximum absolute atomic E-state index is 11.0. The molecule has 1 aliphatic rings. The molecule has 0 bridgehead atoms. The van der Waals surface area contributed by atoms with Crippen LogP contribution >= 0.6 is 0 Å². The number of hydrogen-bond donors (Lipinski definition) is 1. The van der Waals surface area contributed by atoms with E-state index in [1.54, 1.807) is 24.3 Å². The molecule has 4 heteroatoms. The van der Waals surface area contributed by atoms with E-state index in [1.807, 2.05) is 0 Å². The molecule has 1 amide bonds. The van der Waals surface area contributed by atoms with Gasteiger partial charge in [0.2, 0.25) is 0 Å². The maximum Gasteiger partial charge on any atom is 0.296 e. The van der Waals surface area contributed by atoms with Gasteiger partial charge in [-0.1, -0.05) is 12.1 Å². The second-order valence-electron chi connectivity index (χ2n) is 2.33. The second kappa shape index (κ2) is 3.56. The van der Waals surface area contributed by atoms with Crippen molar-refractivity contribution in [3.8, 4) is 0 Å². The largest absolute Gasteiger partial charge is 0.318 e. The third kappa shape index (κ3) is 1.40. The zero-order valence-corrected chi connectivity index (χ0v) is 6.69. The minimum absolute atomic E-state index is 0. The van der Waals surface area contributed by atoms with Gasteiger partial charge in [0.25, 0.3) is 11.7 Å². The van der Waals surface area contributed by atoms with E-state index in [9.17, 15) is 9.59 Å². The molecule has 0 saturated heterocycles. The smallest absolute Gasteiger partial charge is 0.296 e.